The summed E-state index contributed by atoms with van der Waals surface area (Å²) >= 11 is 0. The number of carbonyl (C=O) groups excluding carboxylic acids is 3. The molecule has 0 saturated carbocycles. The fourth-order valence-corrected chi connectivity index (χ4v) is 3.82. The summed E-state index contributed by atoms with van der Waals surface area (Å²) < 4.78 is 10.8. The number of hydrogen-bond donors (Lipinski definition) is 3. The second kappa shape index (κ2) is 15.5. The molecule has 0 radical (unpaired) electrons. The number of amides is 3. The topological polar surface area (TPSA) is 106 Å². The van der Waals surface area contributed by atoms with Crippen molar-refractivity contribution in [2.45, 2.75) is 37.8 Å². The standard InChI is InChI=1S/C28H35N3O5/c32-26-14-8-7-13-24(19-22-9-3-1-4-10-22)30-28(34)25(20-23-11-5-2-6-12-23)31-27(33)21-36-18-17-35-16-15-29-26/h1-7,9-13,24-25H,8,14-21H2,(H,29,32)(H,30,34)(H,31,33)/b13-7+/t24-,25+/m1/s1. The predicted octanol–water partition coefficient (Wildman–Crippen LogP) is 1.94. The molecule has 0 unspecified atom stereocenters. The fourth-order valence-electron chi connectivity index (χ4n) is 3.82. The highest BCUT2D eigenvalue weighted by Crippen LogP contribution is 2.08. The van der Waals surface area contributed by atoms with Crippen LogP contribution in [0.15, 0.2) is 72.8 Å². The summed E-state index contributed by atoms with van der Waals surface area (Å²) in [7, 11) is 0. The Hall–Kier alpha value is -3.49. The van der Waals surface area contributed by atoms with Gasteiger partial charge in [0, 0.05) is 19.4 Å². The van der Waals surface area contributed by atoms with Crippen LogP contribution < -0.4 is 16.0 Å². The van der Waals surface area contributed by atoms with Crippen LogP contribution in [0.2, 0.25) is 0 Å². The Morgan fingerprint density at radius 2 is 1.42 bits per heavy atom. The predicted molar refractivity (Wildman–Crippen MR) is 137 cm³/mol. The first-order chi connectivity index (χ1) is 17.6. The van der Waals surface area contributed by atoms with Crippen LogP contribution in [0.25, 0.3) is 0 Å². The molecule has 2 aromatic rings. The largest absolute Gasteiger partial charge is 0.377 e. The minimum atomic E-state index is -0.765. The molecule has 8 heteroatoms. The first kappa shape index (κ1) is 27.1. The van der Waals surface area contributed by atoms with Crippen molar-refractivity contribution >= 4 is 17.7 Å². The van der Waals surface area contributed by atoms with E-state index in [9.17, 15) is 14.4 Å². The Bertz CT molecular complexity index is 981. The highest BCUT2D eigenvalue weighted by Gasteiger charge is 2.23. The monoisotopic (exact) mass is 493 g/mol. The number of allylic oxidation sites excluding steroid dienone is 1. The lowest BCUT2D eigenvalue weighted by atomic mass is 10.0. The van der Waals surface area contributed by atoms with Gasteiger partial charge in [-0.1, -0.05) is 72.8 Å². The lowest BCUT2D eigenvalue weighted by Gasteiger charge is -2.22. The van der Waals surface area contributed by atoms with Gasteiger partial charge in [-0.3, -0.25) is 14.4 Å². The molecule has 2 atom stereocenters. The van der Waals surface area contributed by atoms with E-state index in [1.54, 1.807) is 0 Å². The molecule has 0 aliphatic carbocycles. The second-order valence-corrected chi connectivity index (χ2v) is 8.60. The van der Waals surface area contributed by atoms with Crippen molar-refractivity contribution < 1.29 is 23.9 Å². The lowest BCUT2D eigenvalue weighted by molar-refractivity contribution is -0.132. The van der Waals surface area contributed by atoms with Crippen LogP contribution >= 0.6 is 0 Å². The maximum atomic E-state index is 13.4. The number of nitrogens with one attached hydrogen (secondary N) is 3. The molecule has 3 amide bonds. The third-order valence-corrected chi connectivity index (χ3v) is 5.64. The second-order valence-electron chi connectivity index (χ2n) is 8.60. The molecule has 1 aliphatic rings. The van der Waals surface area contributed by atoms with E-state index in [0.717, 1.165) is 11.1 Å². The first-order valence-electron chi connectivity index (χ1n) is 12.4. The van der Waals surface area contributed by atoms with E-state index in [1.807, 2.05) is 72.8 Å². The molecule has 0 saturated heterocycles. The van der Waals surface area contributed by atoms with E-state index in [1.165, 1.54) is 0 Å². The van der Waals surface area contributed by atoms with Gasteiger partial charge < -0.3 is 25.4 Å². The molecule has 3 N–H and O–H groups in total. The van der Waals surface area contributed by atoms with E-state index < -0.39 is 6.04 Å². The zero-order valence-electron chi connectivity index (χ0n) is 20.5. The van der Waals surface area contributed by atoms with Crippen molar-refractivity contribution in [3.8, 4) is 0 Å². The lowest BCUT2D eigenvalue weighted by Crippen LogP contribution is -2.51. The minimum Gasteiger partial charge on any atom is -0.377 e. The number of hydrogen-bond acceptors (Lipinski definition) is 5. The molecule has 0 fully saturated rings. The Morgan fingerprint density at radius 1 is 0.750 bits per heavy atom. The summed E-state index contributed by atoms with van der Waals surface area (Å²) in [6.45, 7) is 1.15. The number of rotatable bonds is 4. The first-order valence-corrected chi connectivity index (χ1v) is 12.4. The summed E-state index contributed by atoms with van der Waals surface area (Å²) in [4.78, 5) is 38.0. The van der Waals surface area contributed by atoms with Crippen molar-refractivity contribution in [1.29, 1.82) is 0 Å². The average molecular weight is 494 g/mol. The number of carbonyl (C=O) groups is 3. The molecular formula is C28H35N3O5. The number of ether oxygens (including phenoxy) is 2. The molecule has 2 aromatic carbocycles. The zero-order chi connectivity index (χ0) is 25.4. The van der Waals surface area contributed by atoms with Crippen LogP contribution in [0, 0.1) is 0 Å². The van der Waals surface area contributed by atoms with E-state index in [4.69, 9.17) is 9.47 Å². The Morgan fingerprint density at radius 3 is 2.14 bits per heavy atom. The zero-order valence-corrected chi connectivity index (χ0v) is 20.5. The molecule has 192 valence electrons. The van der Waals surface area contributed by atoms with Gasteiger partial charge in [0.2, 0.25) is 17.7 Å². The van der Waals surface area contributed by atoms with Crippen LogP contribution in [0.5, 0.6) is 0 Å². The molecule has 1 heterocycles. The van der Waals surface area contributed by atoms with Gasteiger partial charge in [0.25, 0.3) is 0 Å². The quantitative estimate of drug-likeness (QED) is 0.565. The molecule has 1 aliphatic heterocycles. The van der Waals surface area contributed by atoms with Gasteiger partial charge in [-0.2, -0.15) is 0 Å². The maximum Gasteiger partial charge on any atom is 0.246 e. The van der Waals surface area contributed by atoms with Crippen LogP contribution in [0.4, 0.5) is 0 Å². The van der Waals surface area contributed by atoms with Crippen molar-refractivity contribution in [3.05, 3.63) is 83.9 Å². The minimum absolute atomic E-state index is 0.0567. The smallest absolute Gasteiger partial charge is 0.246 e. The van der Waals surface area contributed by atoms with Crippen LogP contribution in [-0.4, -0.2) is 62.8 Å². The highest BCUT2D eigenvalue weighted by atomic mass is 16.5. The molecule has 3 rings (SSSR count). The third-order valence-electron chi connectivity index (χ3n) is 5.64. The van der Waals surface area contributed by atoms with E-state index >= 15 is 0 Å². The van der Waals surface area contributed by atoms with Crippen molar-refractivity contribution in [2.24, 2.45) is 0 Å². The molecule has 0 spiro atoms. The average Bonchev–Trinajstić information content (AvgIpc) is 2.88. The van der Waals surface area contributed by atoms with Crippen LogP contribution in [0.1, 0.15) is 24.0 Å². The van der Waals surface area contributed by atoms with Crippen LogP contribution in [0.3, 0.4) is 0 Å². The van der Waals surface area contributed by atoms with Crippen LogP contribution in [-0.2, 0) is 36.7 Å². The summed E-state index contributed by atoms with van der Waals surface area (Å²) in [5.74, 6) is -0.707. The molecular weight excluding hydrogens is 458 g/mol. The van der Waals surface area contributed by atoms with Gasteiger partial charge in [-0.25, -0.2) is 0 Å². The summed E-state index contributed by atoms with van der Waals surface area (Å²) in [6.07, 6.45) is 5.66. The SMILES string of the molecule is O=C1CC/C=C/[C@H](Cc2ccccc2)NC(=O)[C@H](Cc2ccccc2)NC(=O)COCCOCCN1. The summed E-state index contributed by atoms with van der Waals surface area (Å²) in [5, 5.41) is 8.72. The van der Waals surface area contributed by atoms with Gasteiger partial charge in [0.15, 0.2) is 0 Å². The maximum absolute atomic E-state index is 13.4. The highest BCUT2D eigenvalue weighted by molar-refractivity contribution is 5.88. The normalized spacial score (nSPS) is 22.2. The Kier molecular flexibility index (Phi) is 11.7. The van der Waals surface area contributed by atoms with Crippen molar-refractivity contribution in [2.75, 3.05) is 33.0 Å². The van der Waals surface area contributed by atoms with Crippen molar-refractivity contribution in [1.82, 2.24) is 16.0 Å². The van der Waals surface area contributed by atoms with Gasteiger partial charge in [-0.05, 0) is 24.0 Å². The van der Waals surface area contributed by atoms with Gasteiger partial charge in [-0.15, -0.1) is 0 Å². The van der Waals surface area contributed by atoms with E-state index in [-0.39, 0.29) is 37.0 Å². The summed E-state index contributed by atoms with van der Waals surface area (Å²) in [6, 6.07) is 18.4. The Labute approximate surface area is 212 Å². The van der Waals surface area contributed by atoms with Crippen molar-refractivity contribution in [3.63, 3.8) is 0 Å². The van der Waals surface area contributed by atoms with Gasteiger partial charge >= 0.3 is 0 Å². The van der Waals surface area contributed by atoms with Gasteiger partial charge in [0.1, 0.15) is 12.6 Å². The molecule has 36 heavy (non-hydrogen) atoms. The molecule has 0 aromatic heterocycles. The Balaban J connectivity index is 1.76. The van der Waals surface area contributed by atoms with Gasteiger partial charge in [0.05, 0.1) is 25.9 Å². The molecule has 8 nitrogen and oxygen atoms in total. The third kappa shape index (κ3) is 10.4. The molecule has 0 bridgehead atoms. The number of benzene rings is 2. The van der Waals surface area contributed by atoms with E-state index in [2.05, 4.69) is 16.0 Å². The van der Waals surface area contributed by atoms with E-state index in [0.29, 0.717) is 45.4 Å². The summed E-state index contributed by atoms with van der Waals surface area (Å²) in [5.41, 5.74) is 2.01. The fraction of sp³-hybridized carbons (Fsp3) is 0.393.